The van der Waals surface area contributed by atoms with E-state index in [0.717, 1.165) is 0 Å². The van der Waals surface area contributed by atoms with Crippen LogP contribution in [-0.4, -0.2) is 20.8 Å². The molecule has 7 heteroatoms. The van der Waals surface area contributed by atoms with E-state index in [2.05, 4.69) is 0 Å². The van der Waals surface area contributed by atoms with Crippen LogP contribution in [0, 0.1) is 11.3 Å². The molecule has 0 aliphatic carbocycles. The van der Waals surface area contributed by atoms with Crippen LogP contribution in [0.2, 0.25) is 0 Å². The van der Waals surface area contributed by atoms with E-state index in [1.165, 1.54) is 0 Å². The molecular formula is C11H8ClNO4S. The highest BCUT2D eigenvalue weighted by atomic mass is 35.7. The number of rotatable bonds is 4. The van der Waals surface area contributed by atoms with Crippen molar-refractivity contribution in [2.24, 2.45) is 0 Å². The monoisotopic (exact) mass is 285 g/mol. The third-order valence-corrected chi connectivity index (χ3v) is 3.34. The Hall–Kier alpha value is -1.71. The van der Waals surface area contributed by atoms with Crippen LogP contribution in [-0.2, 0) is 9.05 Å². The number of halogens is 1. The second kappa shape index (κ2) is 4.88. The molecule has 0 saturated carbocycles. The molecule has 0 aliphatic rings. The van der Waals surface area contributed by atoms with Gasteiger partial charge in [-0.3, -0.25) is 0 Å². The molecule has 0 unspecified atom stereocenters. The summed E-state index contributed by atoms with van der Waals surface area (Å²) >= 11 is 0. The molecule has 0 bridgehead atoms. The lowest BCUT2D eigenvalue weighted by molar-refractivity contribution is 0.338. The summed E-state index contributed by atoms with van der Waals surface area (Å²) < 4.78 is 32.1. The Labute approximate surface area is 108 Å². The van der Waals surface area contributed by atoms with Crippen LogP contribution in [0.1, 0.15) is 5.76 Å². The maximum atomic E-state index is 10.8. The number of fused-ring (bicyclic) bond motifs is 1. The number of nitrogens with zero attached hydrogens (tertiary/aromatic N) is 1. The summed E-state index contributed by atoms with van der Waals surface area (Å²) in [7, 11) is 1.45. The first kappa shape index (κ1) is 12.7. The molecule has 18 heavy (non-hydrogen) atoms. The van der Waals surface area contributed by atoms with Crippen molar-refractivity contribution < 1.29 is 17.6 Å². The van der Waals surface area contributed by atoms with Crippen molar-refractivity contribution >= 4 is 30.7 Å². The van der Waals surface area contributed by atoms with Crippen molar-refractivity contribution in [1.82, 2.24) is 0 Å². The van der Waals surface area contributed by atoms with E-state index in [9.17, 15) is 8.42 Å². The minimum absolute atomic E-state index is 0.0168. The first-order valence-electron chi connectivity index (χ1n) is 4.98. The highest BCUT2D eigenvalue weighted by molar-refractivity contribution is 8.13. The second-order valence-corrected chi connectivity index (χ2v) is 6.36. The van der Waals surface area contributed by atoms with Crippen molar-refractivity contribution in [3.05, 3.63) is 30.0 Å². The number of ether oxygens (including phenoxy) is 1. The van der Waals surface area contributed by atoms with Crippen LogP contribution in [0.25, 0.3) is 11.0 Å². The number of furan rings is 1. The average Bonchev–Trinajstić information content (AvgIpc) is 2.66. The average molecular weight is 286 g/mol. The third-order valence-electron chi connectivity index (χ3n) is 2.23. The number of hydrogen-bond donors (Lipinski definition) is 0. The van der Waals surface area contributed by atoms with Crippen molar-refractivity contribution in [2.75, 3.05) is 12.4 Å². The van der Waals surface area contributed by atoms with Crippen molar-refractivity contribution in [1.29, 1.82) is 5.26 Å². The Morgan fingerprint density at radius 3 is 2.78 bits per heavy atom. The lowest BCUT2D eigenvalue weighted by Gasteiger charge is -2.02. The molecule has 5 nitrogen and oxygen atoms in total. The van der Waals surface area contributed by atoms with Gasteiger partial charge in [-0.1, -0.05) is 12.1 Å². The highest BCUT2D eigenvalue weighted by Gasteiger charge is 2.15. The Morgan fingerprint density at radius 2 is 2.11 bits per heavy atom. The molecule has 0 saturated heterocycles. The maximum Gasteiger partial charge on any atom is 0.246 e. The van der Waals surface area contributed by atoms with E-state index in [4.69, 9.17) is 25.1 Å². The largest absolute Gasteiger partial charge is 0.487 e. The minimum Gasteiger partial charge on any atom is -0.487 e. The van der Waals surface area contributed by atoms with Gasteiger partial charge in [0, 0.05) is 10.7 Å². The summed E-state index contributed by atoms with van der Waals surface area (Å²) in [5, 5.41) is 9.54. The summed E-state index contributed by atoms with van der Waals surface area (Å²) in [4.78, 5) is 0. The van der Waals surface area contributed by atoms with Gasteiger partial charge in [0.25, 0.3) is 0 Å². The third kappa shape index (κ3) is 2.75. The van der Waals surface area contributed by atoms with Crippen LogP contribution < -0.4 is 4.74 Å². The van der Waals surface area contributed by atoms with E-state index in [1.807, 2.05) is 6.07 Å². The molecule has 0 atom stereocenters. The quantitative estimate of drug-likeness (QED) is 0.805. The first-order valence-corrected chi connectivity index (χ1v) is 7.46. The van der Waals surface area contributed by atoms with Crippen molar-refractivity contribution in [3.8, 4) is 11.8 Å². The zero-order valence-corrected chi connectivity index (χ0v) is 10.7. The molecule has 94 valence electrons. The van der Waals surface area contributed by atoms with E-state index in [-0.39, 0.29) is 23.9 Å². The Bertz CT molecular complexity index is 714. The van der Waals surface area contributed by atoms with E-state index in [1.54, 1.807) is 24.3 Å². The van der Waals surface area contributed by atoms with Crippen LogP contribution in [0.3, 0.4) is 0 Å². The molecule has 2 rings (SSSR count). The van der Waals surface area contributed by atoms with Gasteiger partial charge in [0.1, 0.15) is 18.3 Å². The van der Waals surface area contributed by atoms with Gasteiger partial charge in [-0.05, 0) is 12.1 Å². The zero-order chi connectivity index (χ0) is 13.2. The Morgan fingerprint density at radius 1 is 1.39 bits per heavy atom. The van der Waals surface area contributed by atoms with E-state index >= 15 is 0 Å². The predicted octanol–water partition coefficient (Wildman–Crippen LogP) is 2.25. The van der Waals surface area contributed by atoms with Gasteiger partial charge in [-0.2, -0.15) is 5.26 Å². The van der Waals surface area contributed by atoms with E-state index < -0.39 is 9.05 Å². The van der Waals surface area contributed by atoms with Gasteiger partial charge in [0.05, 0.1) is 11.1 Å². The number of nitriles is 1. The molecule has 0 amide bonds. The molecule has 1 heterocycles. The fourth-order valence-electron chi connectivity index (χ4n) is 1.48. The fraction of sp³-hybridized carbons (Fsp3) is 0.182. The molecule has 0 aliphatic heterocycles. The summed E-state index contributed by atoms with van der Waals surface area (Å²) in [6.45, 7) is -0.135. The van der Waals surface area contributed by atoms with Crippen LogP contribution in [0.4, 0.5) is 0 Å². The zero-order valence-electron chi connectivity index (χ0n) is 9.09. The number of benzene rings is 1. The molecule has 0 fully saturated rings. The lowest BCUT2D eigenvalue weighted by atomic mass is 10.2. The van der Waals surface area contributed by atoms with Crippen molar-refractivity contribution in [2.45, 2.75) is 0 Å². The molecule has 0 N–H and O–H groups in total. The number of para-hydroxylation sites is 1. The van der Waals surface area contributed by atoms with Crippen LogP contribution >= 0.6 is 10.7 Å². The van der Waals surface area contributed by atoms with Crippen LogP contribution in [0.5, 0.6) is 5.75 Å². The molecule has 0 spiro atoms. The van der Waals surface area contributed by atoms with E-state index in [0.29, 0.717) is 11.0 Å². The minimum atomic E-state index is -3.62. The summed E-state index contributed by atoms with van der Waals surface area (Å²) in [5.41, 5.74) is 0.512. The fourth-order valence-corrected chi connectivity index (χ4v) is 1.95. The van der Waals surface area contributed by atoms with Gasteiger partial charge >= 0.3 is 0 Å². The smallest absolute Gasteiger partial charge is 0.246 e. The maximum absolute atomic E-state index is 10.8. The topological polar surface area (TPSA) is 80.3 Å². The molecular weight excluding hydrogens is 278 g/mol. The SMILES string of the molecule is N#Cc1oc2ccccc2c1OCCS(=O)(=O)Cl. The van der Waals surface area contributed by atoms with Gasteiger partial charge in [0.2, 0.25) is 14.8 Å². The Balaban J connectivity index is 2.29. The highest BCUT2D eigenvalue weighted by Crippen LogP contribution is 2.32. The standard InChI is InChI=1S/C11H8ClNO4S/c12-18(14,15)6-5-16-11-8-3-1-2-4-9(8)17-10(11)7-13/h1-4H,5-6H2. The molecule has 2 aromatic rings. The van der Waals surface area contributed by atoms with Crippen LogP contribution in [0.15, 0.2) is 28.7 Å². The normalized spacial score (nSPS) is 11.3. The molecule has 1 aromatic heterocycles. The lowest BCUT2D eigenvalue weighted by Crippen LogP contribution is -2.09. The summed E-state index contributed by atoms with van der Waals surface area (Å²) in [6.07, 6.45) is 0. The van der Waals surface area contributed by atoms with Crippen molar-refractivity contribution in [3.63, 3.8) is 0 Å². The summed E-state index contributed by atoms with van der Waals surface area (Å²) in [5.74, 6) is -0.0737. The van der Waals surface area contributed by atoms with Gasteiger partial charge < -0.3 is 9.15 Å². The molecule has 1 aromatic carbocycles. The Kier molecular flexibility index (Phi) is 3.45. The second-order valence-electron chi connectivity index (χ2n) is 3.46. The van der Waals surface area contributed by atoms with Gasteiger partial charge in [-0.15, -0.1) is 0 Å². The predicted molar refractivity (Wildman–Crippen MR) is 66.1 cm³/mol. The van der Waals surface area contributed by atoms with Gasteiger partial charge in [-0.25, -0.2) is 8.42 Å². The number of hydrogen-bond acceptors (Lipinski definition) is 5. The van der Waals surface area contributed by atoms with Gasteiger partial charge in [0.15, 0.2) is 5.75 Å². The molecule has 0 radical (unpaired) electrons. The summed E-state index contributed by atoms with van der Waals surface area (Å²) in [6, 6.07) is 8.81. The first-order chi connectivity index (χ1) is 8.51.